The number of aryl methyl sites for hydroxylation is 1. The molecule has 1 aromatic heterocycles. The molecule has 1 heterocycles. The Balaban J connectivity index is 2.58. The minimum absolute atomic E-state index is 0.329. The molecule has 2 aromatic rings. The molecule has 0 bridgehead atoms. The summed E-state index contributed by atoms with van der Waals surface area (Å²) in [4.78, 5) is 3.98. The molecule has 0 fully saturated rings. The average Bonchev–Trinajstić information content (AvgIpc) is 2.71. The summed E-state index contributed by atoms with van der Waals surface area (Å²) >= 11 is 0. The van der Waals surface area contributed by atoms with Crippen LogP contribution in [0, 0.1) is 6.92 Å². The van der Waals surface area contributed by atoms with Gasteiger partial charge in [0, 0.05) is 12.1 Å². The number of aromatic nitrogens is 2. The highest BCUT2D eigenvalue weighted by Crippen LogP contribution is 2.22. The molecule has 0 saturated carbocycles. The maximum atomic E-state index is 11.5. The normalized spacial score (nSPS) is 11.7. The second kappa shape index (κ2) is 4.52. The highest BCUT2D eigenvalue weighted by molar-refractivity contribution is 7.87. The zero-order valence-corrected chi connectivity index (χ0v) is 10.7. The van der Waals surface area contributed by atoms with Crippen LogP contribution in [0.2, 0.25) is 0 Å². The van der Waals surface area contributed by atoms with E-state index in [2.05, 4.69) is 4.98 Å². The Morgan fingerprint density at radius 3 is 2.39 bits per heavy atom. The maximum absolute atomic E-state index is 11.5. The van der Waals surface area contributed by atoms with Gasteiger partial charge in [0.2, 0.25) is 0 Å². The lowest BCUT2D eigenvalue weighted by atomic mass is 10.1. The van der Waals surface area contributed by atoms with Crippen LogP contribution in [0.1, 0.15) is 11.4 Å². The molecular formula is C11H14N4O2S. The van der Waals surface area contributed by atoms with Crippen molar-refractivity contribution >= 4 is 10.2 Å². The minimum Gasteiger partial charge on any atom is -0.326 e. The molecule has 2 rings (SSSR count). The van der Waals surface area contributed by atoms with Gasteiger partial charge in [-0.3, -0.25) is 0 Å². The summed E-state index contributed by atoms with van der Waals surface area (Å²) in [6.07, 6.45) is 1.48. The molecule has 18 heavy (non-hydrogen) atoms. The molecule has 0 unspecified atom stereocenters. The summed E-state index contributed by atoms with van der Waals surface area (Å²) < 4.78 is 24.0. The van der Waals surface area contributed by atoms with E-state index in [1.807, 2.05) is 12.1 Å². The van der Waals surface area contributed by atoms with Crippen molar-refractivity contribution in [3.8, 4) is 11.3 Å². The molecule has 0 aliphatic carbocycles. The van der Waals surface area contributed by atoms with Crippen LogP contribution in [0.5, 0.6) is 0 Å². The van der Waals surface area contributed by atoms with Gasteiger partial charge in [0.15, 0.2) is 0 Å². The van der Waals surface area contributed by atoms with Crippen LogP contribution in [0.25, 0.3) is 11.3 Å². The molecule has 96 valence electrons. The zero-order valence-electron chi connectivity index (χ0n) is 9.87. The van der Waals surface area contributed by atoms with Crippen LogP contribution >= 0.6 is 0 Å². The molecular weight excluding hydrogens is 252 g/mol. The number of nitrogens with two attached hydrogens (primary N) is 2. The van der Waals surface area contributed by atoms with Crippen LogP contribution in [0.3, 0.4) is 0 Å². The largest absolute Gasteiger partial charge is 0.326 e. The monoisotopic (exact) mass is 266 g/mol. The minimum atomic E-state index is -3.86. The number of rotatable bonds is 3. The first-order valence-corrected chi connectivity index (χ1v) is 6.81. The summed E-state index contributed by atoms with van der Waals surface area (Å²) in [5.74, 6) is 0.329. The van der Waals surface area contributed by atoms with Crippen molar-refractivity contribution in [2.24, 2.45) is 10.9 Å². The van der Waals surface area contributed by atoms with E-state index >= 15 is 0 Å². The second-order valence-corrected chi connectivity index (χ2v) is 5.30. The first-order chi connectivity index (χ1) is 8.43. The van der Waals surface area contributed by atoms with Gasteiger partial charge in [0.05, 0.1) is 11.9 Å². The fourth-order valence-electron chi connectivity index (χ4n) is 1.76. The third kappa shape index (κ3) is 2.28. The number of hydrogen-bond acceptors (Lipinski definition) is 4. The van der Waals surface area contributed by atoms with Crippen molar-refractivity contribution in [1.29, 1.82) is 0 Å². The van der Waals surface area contributed by atoms with Crippen LogP contribution in [-0.4, -0.2) is 17.4 Å². The first kappa shape index (κ1) is 12.7. The van der Waals surface area contributed by atoms with Gasteiger partial charge in [-0.05, 0) is 12.5 Å². The van der Waals surface area contributed by atoms with E-state index in [4.69, 9.17) is 10.9 Å². The van der Waals surface area contributed by atoms with Crippen molar-refractivity contribution in [2.75, 3.05) is 0 Å². The smallest absolute Gasteiger partial charge is 0.304 e. The van der Waals surface area contributed by atoms with Gasteiger partial charge in [0.1, 0.15) is 5.82 Å². The van der Waals surface area contributed by atoms with Crippen molar-refractivity contribution in [3.05, 3.63) is 41.9 Å². The molecule has 0 saturated heterocycles. The Kier molecular flexibility index (Phi) is 3.20. The molecule has 0 aliphatic rings. The summed E-state index contributed by atoms with van der Waals surface area (Å²) in [5, 5.41) is 5.17. The Morgan fingerprint density at radius 1 is 1.28 bits per heavy atom. The van der Waals surface area contributed by atoms with Crippen molar-refractivity contribution in [1.82, 2.24) is 8.96 Å². The summed E-state index contributed by atoms with van der Waals surface area (Å²) in [6.45, 7) is 2.02. The molecule has 0 radical (unpaired) electrons. The van der Waals surface area contributed by atoms with Gasteiger partial charge in [-0.15, -0.1) is 0 Å². The average molecular weight is 266 g/mol. The lowest BCUT2D eigenvalue weighted by molar-refractivity contribution is 0.588. The fraction of sp³-hybridized carbons (Fsp3) is 0.182. The Bertz CT molecular complexity index is 659. The van der Waals surface area contributed by atoms with Crippen molar-refractivity contribution in [2.45, 2.75) is 13.5 Å². The van der Waals surface area contributed by atoms with E-state index in [1.54, 1.807) is 19.1 Å². The van der Waals surface area contributed by atoms with E-state index in [0.717, 1.165) is 15.1 Å². The van der Waals surface area contributed by atoms with E-state index in [0.29, 0.717) is 18.1 Å². The molecule has 6 nitrogen and oxygen atoms in total. The van der Waals surface area contributed by atoms with Gasteiger partial charge in [-0.2, -0.15) is 8.42 Å². The topological polar surface area (TPSA) is 104 Å². The van der Waals surface area contributed by atoms with E-state index in [-0.39, 0.29) is 0 Å². The summed E-state index contributed by atoms with van der Waals surface area (Å²) in [7, 11) is -3.86. The quantitative estimate of drug-likeness (QED) is 0.837. The van der Waals surface area contributed by atoms with Crippen LogP contribution < -0.4 is 10.9 Å². The van der Waals surface area contributed by atoms with Gasteiger partial charge in [0.25, 0.3) is 0 Å². The lowest BCUT2D eigenvalue weighted by Gasteiger charge is -2.07. The highest BCUT2D eigenvalue weighted by atomic mass is 32.2. The number of hydrogen-bond donors (Lipinski definition) is 2. The maximum Gasteiger partial charge on any atom is 0.304 e. The third-order valence-corrected chi connectivity index (χ3v) is 3.60. The van der Waals surface area contributed by atoms with Gasteiger partial charge in [-0.25, -0.2) is 14.1 Å². The predicted molar refractivity (Wildman–Crippen MR) is 68.8 cm³/mol. The first-order valence-electron chi connectivity index (χ1n) is 5.30. The molecule has 7 heteroatoms. The molecule has 0 atom stereocenters. The molecule has 4 N–H and O–H groups in total. The number of benzene rings is 1. The Morgan fingerprint density at radius 2 is 1.89 bits per heavy atom. The van der Waals surface area contributed by atoms with Crippen LogP contribution in [0.15, 0.2) is 30.5 Å². The van der Waals surface area contributed by atoms with E-state index in [9.17, 15) is 8.42 Å². The molecule has 0 amide bonds. The second-order valence-electron chi connectivity index (χ2n) is 3.90. The van der Waals surface area contributed by atoms with E-state index < -0.39 is 10.2 Å². The molecule has 0 aliphatic heterocycles. The van der Waals surface area contributed by atoms with Crippen LogP contribution in [0.4, 0.5) is 0 Å². The van der Waals surface area contributed by atoms with Crippen molar-refractivity contribution < 1.29 is 8.42 Å². The standard InChI is InChI=1S/C11H14N4O2S/c1-8-14-7-11(15(8)18(13,16)17)10-4-2-9(6-12)3-5-10/h2-5,7H,6,12H2,1H3,(H2,13,16,17). The number of nitrogens with zero attached hydrogens (tertiary/aromatic N) is 2. The SMILES string of the molecule is Cc1ncc(-c2ccc(CN)cc2)n1S(N)(=O)=O. The van der Waals surface area contributed by atoms with Crippen molar-refractivity contribution in [3.63, 3.8) is 0 Å². The highest BCUT2D eigenvalue weighted by Gasteiger charge is 2.16. The third-order valence-electron chi connectivity index (χ3n) is 2.63. The Hall–Kier alpha value is -1.70. The lowest BCUT2D eigenvalue weighted by Crippen LogP contribution is -2.23. The van der Waals surface area contributed by atoms with Crippen LogP contribution in [-0.2, 0) is 16.8 Å². The summed E-state index contributed by atoms with van der Waals surface area (Å²) in [6, 6.07) is 7.26. The predicted octanol–water partition coefficient (Wildman–Crippen LogP) is 0.369. The summed E-state index contributed by atoms with van der Waals surface area (Å²) in [5.41, 5.74) is 7.65. The Labute approximate surface area is 105 Å². The van der Waals surface area contributed by atoms with Gasteiger partial charge in [-0.1, -0.05) is 24.3 Å². The molecule has 0 spiro atoms. The van der Waals surface area contributed by atoms with Gasteiger partial charge >= 0.3 is 10.2 Å². The zero-order chi connectivity index (χ0) is 13.3. The van der Waals surface area contributed by atoms with Gasteiger partial charge < -0.3 is 5.73 Å². The number of imidazole rings is 1. The van der Waals surface area contributed by atoms with E-state index in [1.165, 1.54) is 6.20 Å². The fourth-order valence-corrected chi connectivity index (χ4v) is 2.60. The molecule has 1 aromatic carbocycles.